The summed E-state index contributed by atoms with van der Waals surface area (Å²) >= 11 is 0. The lowest BCUT2D eigenvalue weighted by Gasteiger charge is -2.13. The first kappa shape index (κ1) is 16.5. The summed E-state index contributed by atoms with van der Waals surface area (Å²) in [5, 5.41) is 0. The third kappa shape index (κ3) is 5.18. The number of allylic oxidation sites excluding steroid dienone is 2. The highest BCUT2D eigenvalue weighted by Crippen LogP contribution is 2.24. The number of hydrogen-bond acceptors (Lipinski definition) is 0. The lowest BCUT2D eigenvalue weighted by molar-refractivity contribution is 0.665. The van der Waals surface area contributed by atoms with Crippen molar-refractivity contribution in [2.24, 2.45) is 0 Å². The lowest BCUT2D eigenvalue weighted by atomic mass is 9.92. The van der Waals surface area contributed by atoms with E-state index >= 15 is 0 Å². The molecule has 0 fully saturated rings. The molecule has 0 heterocycles. The SMILES string of the molecule is CCC(C/C=C/CCC(C)c1ccccc1)c1ccccc1. The van der Waals surface area contributed by atoms with Gasteiger partial charge in [-0.3, -0.25) is 0 Å². The van der Waals surface area contributed by atoms with E-state index in [0.29, 0.717) is 11.8 Å². The highest BCUT2D eigenvalue weighted by atomic mass is 14.1. The fraction of sp³-hybridized carbons (Fsp3) is 0.364. The molecule has 116 valence electrons. The van der Waals surface area contributed by atoms with Crippen molar-refractivity contribution in [3.05, 3.63) is 83.9 Å². The van der Waals surface area contributed by atoms with Gasteiger partial charge in [-0.25, -0.2) is 0 Å². The second-order valence-corrected chi connectivity index (χ2v) is 6.11. The zero-order valence-corrected chi connectivity index (χ0v) is 13.9. The van der Waals surface area contributed by atoms with Gasteiger partial charge in [-0.2, -0.15) is 0 Å². The van der Waals surface area contributed by atoms with E-state index in [1.807, 2.05) is 0 Å². The average Bonchev–Trinajstić information content (AvgIpc) is 2.59. The van der Waals surface area contributed by atoms with Crippen LogP contribution in [0.2, 0.25) is 0 Å². The molecule has 0 aromatic heterocycles. The Labute approximate surface area is 135 Å². The molecule has 0 radical (unpaired) electrons. The van der Waals surface area contributed by atoms with E-state index in [1.54, 1.807) is 0 Å². The standard InChI is InChI=1S/C22H28/c1-3-20(22-17-11-6-12-18-22)14-8-4-7-13-19(2)21-15-9-5-10-16-21/h4-6,8-12,15-20H,3,7,13-14H2,1-2H3/b8-4+. The first-order chi connectivity index (χ1) is 10.8. The Balaban J connectivity index is 1.76. The van der Waals surface area contributed by atoms with Crippen molar-refractivity contribution in [3.63, 3.8) is 0 Å². The Morgan fingerprint density at radius 3 is 2.00 bits per heavy atom. The zero-order valence-electron chi connectivity index (χ0n) is 13.9. The highest BCUT2D eigenvalue weighted by Gasteiger charge is 2.06. The van der Waals surface area contributed by atoms with Gasteiger partial charge in [0.2, 0.25) is 0 Å². The predicted molar refractivity (Wildman–Crippen MR) is 97.3 cm³/mol. The van der Waals surface area contributed by atoms with Crippen LogP contribution in [0.25, 0.3) is 0 Å². The number of benzene rings is 2. The molecule has 2 aromatic carbocycles. The minimum atomic E-state index is 0.641. The number of rotatable bonds is 8. The van der Waals surface area contributed by atoms with Gasteiger partial charge in [0, 0.05) is 0 Å². The van der Waals surface area contributed by atoms with Gasteiger partial charge in [0.25, 0.3) is 0 Å². The molecular weight excluding hydrogens is 264 g/mol. The summed E-state index contributed by atoms with van der Waals surface area (Å²) in [5.41, 5.74) is 2.92. The fourth-order valence-electron chi connectivity index (χ4n) is 2.94. The smallest absolute Gasteiger partial charge is 0.0130 e. The van der Waals surface area contributed by atoms with E-state index in [2.05, 4.69) is 86.7 Å². The van der Waals surface area contributed by atoms with Gasteiger partial charge < -0.3 is 0 Å². The molecule has 22 heavy (non-hydrogen) atoms. The molecule has 0 amide bonds. The van der Waals surface area contributed by atoms with Gasteiger partial charge >= 0.3 is 0 Å². The van der Waals surface area contributed by atoms with Crippen LogP contribution in [0, 0.1) is 0 Å². The van der Waals surface area contributed by atoms with E-state index in [0.717, 1.165) is 6.42 Å². The minimum absolute atomic E-state index is 0.641. The maximum absolute atomic E-state index is 2.37. The molecule has 0 aliphatic heterocycles. The van der Waals surface area contributed by atoms with Gasteiger partial charge in [0.1, 0.15) is 0 Å². The Morgan fingerprint density at radius 2 is 1.41 bits per heavy atom. The molecule has 0 saturated heterocycles. The molecule has 0 spiro atoms. The fourth-order valence-corrected chi connectivity index (χ4v) is 2.94. The Hall–Kier alpha value is -1.82. The molecule has 0 bridgehead atoms. The molecule has 2 aromatic rings. The van der Waals surface area contributed by atoms with Gasteiger partial charge in [-0.05, 0) is 48.6 Å². The van der Waals surface area contributed by atoms with Crippen LogP contribution in [0.4, 0.5) is 0 Å². The molecule has 2 unspecified atom stereocenters. The zero-order chi connectivity index (χ0) is 15.6. The van der Waals surface area contributed by atoms with Gasteiger partial charge in [0.15, 0.2) is 0 Å². The van der Waals surface area contributed by atoms with Crippen LogP contribution in [0.5, 0.6) is 0 Å². The molecule has 0 heteroatoms. The first-order valence-electron chi connectivity index (χ1n) is 8.56. The van der Waals surface area contributed by atoms with Crippen LogP contribution in [-0.2, 0) is 0 Å². The van der Waals surface area contributed by atoms with Gasteiger partial charge in [-0.1, -0.05) is 86.7 Å². The molecule has 0 aliphatic rings. The second-order valence-electron chi connectivity index (χ2n) is 6.11. The molecule has 2 rings (SSSR count). The van der Waals surface area contributed by atoms with Crippen molar-refractivity contribution in [3.8, 4) is 0 Å². The van der Waals surface area contributed by atoms with Crippen LogP contribution in [-0.4, -0.2) is 0 Å². The van der Waals surface area contributed by atoms with Crippen molar-refractivity contribution in [2.45, 2.75) is 51.4 Å². The largest absolute Gasteiger partial charge is 0.0885 e. The lowest BCUT2D eigenvalue weighted by Crippen LogP contribution is -1.95. The molecular formula is C22H28. The van der Waals surface area contributed by atoms with Crippen molar-refractivity contribution in [1.29, 1.82) is 0 Å². The third-order valence-electron chi connectivity index (χ3n) is 4.49. The van der Waals surface area contributed by atoms with Gasteiger partial charge in [0.05, 0.1) is 0 Å². The summed E-state index contributed by atoms with van der Waals surface area (Å²) in [7, 11) is 0. The average molecular weight is 292 g/mol. The number of hydrogen-bond donors (Lipinski definition) is 0. The van der Waals surface area contributed by atoms with E-state index in [4.69, 9.17) is 0 Å². The molecule has 0 N–H and O–H groups in total. The van der Waals surface area contributed by atoms with E-state index < -0.39 is 0 Å². The molecule has 2 atom stereocenters. The topological polar surface area (TPSA) is 0 Å². The summed E-state index contributed by atoms with van der Waals surface area (Å²) in [6, 6.07) is 21.7. The quantitative estimate of drug-likeness (QED) is 0.474. The van der Waals surface area contributed by atoms with Crippen LogP contribution in [0.1, 0.15) is 62.5 Å². The molecule has 0 saturated carbocycles. The normalized spacial score (nSPS) is 14.1. The third-order valence-corrected chi connectivity index (χ3v) is 4.49. The second kappa shape index (κ2) is 9.25. The maximum Gasteiger partial charge on any atom is -0.0130 e. The summed E-state index contributed by atoms with van der Waals surface area (Å²) in [4.78, 5) is 0. The van der Waals surface area contributed by atoms with Gasteiger partial charge in [-0.15, -0.1) is 0 Å². The summed E-state index contributed by atoms with van der Waals surface area (Å²) < 4.78 is 0. The van der Waals surface area contributed by atoms with Crippen molar-refractivity contribution >= 4 is 0 Å². The van der Waals surface area contributed by atoms with Crippen molar-refractivity contribution in [2.75, 3.05) is 0 Å². The Morgan fingerprint density at radius 1 is 0.818 bits per heavy atom. The highest BCUT2D eigenvalue weighted by molar-refractivity contribution is 5.20. The van der Waals surface area contributed by atoms with Crippen LogP contribution in [0.3, 0.4) is 0 Å². The summed E-state index contributed by atoms with van der Waals surface area (Å²) in [5.74, 6) is 1.30. The summed E-state index contributed by atoms with van der Waals surface area (Å²) in [6.45, 7) is 4.60. The predicted octanol–water partition coefficient (Wildman–Crippen LogP) is 6.71. The molecule has 0 nitrogen and oxygen atoms in total. The van der Waals surface area contributed by atoms with E-state index in [-0.39, 0.29) is 0 Å². The first-order valence-corrected chi connectivity index (χ1v) is 8.56. The summed E-state index contributed by atoms with van der Waals surface area (Å²) in [6.07, 6.45) is 9.49. The van der Waals surface area contributed by atoms with Crippen LogP contribution >= 0.6 is 0 Å². The maximum atomic E-state index is 2.37. The molecule has 0 aliphatic carbocycles. The van der Waals surface area contributed by atoms with Crippen LogP contribution in [0.15, 0.2) is 72.8 Å². The Bertz CT molecular complexity index is 539. The van der Waals surface area contributed by atoms with E-state index in [9.17, 15) is 0 Å². The van der Waals surface area contributed by atoms with Crippen LogP contribution < -0.4 is 0 Å². The van der Waals surface area contributed by atoms with Crippen molar-refractivity contribution < 1.29 is 0 Å². The minimum Gasteiger partial charge on any atom is -0.0885 e. The Kier molecular flexibility index (Phi) is 6.96. The van der Waals surface area contributed by atoms with Crippen molar-refractivity contribution in [1.82, 2.24) is 0 Å². The monoisotopic (exact) mass is 292 g/mol. The van der Waals surface area contributed by atoms with E-state index in [1.165, 1.54) is 30.4 Å².